The van der Waals surface area contributed by atoms with E-state index in [2.05, 4.69) is 0 Å². The molecule has 2 rings (SSSR count). The van der Waals surface area contributed by atoms with E-state index >= 15 is 0 Å². The van der Waals surface area contributed by atoms with Crippen LogP contribution < -0.4 is 0 Å². The highest BCUT2D eigenvalue weighted by molar-refractivity contribution is 6.08. The van der Waals surface area contributed by atoms with Gasteiger partial charge in [-0.2, -0.15) is 0 Å². The Hall–Kier alpha value is -2.95. The Kier molecular flexibility index (Phi) is 5.63. The maximum atomic E-state index is 12.2. The molecule has 0 aliphatic carbocycles. The second-order valence-corrected chi connectivity index (χ2v) is 4.72. The normalized spacial score (nSPS) is 9.96. The smallest absolute Gasteiger partial charge is 0.346 e. The number of carbonyl (C=O) groups is 3. The third-order valence-electron chi connectivity index (χ3n) is 3.00. The fourth-order valence-corrected chi connectivity index (χ4v) is 1.88. The van der Waals surface area contributed by atoms with Crippen molar-refractivity contribution in [3.05, 3.63) is 71.3 Å². The van der Waals surface area contributed by atoms with Crippen molar-refractivity contribution in [2.24, 2.45) is 0 Å². The zero-order valence-corrected chi connectivity index (χ0v) is 12.7. The zero-order chi connectivity index (χ0) is 16.7. The lowest BCUT2D eigenvalue weighted by Gasteiger charge is -2.08. The van der Waals surface area contributed by atoms with E-state index in [-0.39, 0.29) is 23.3 Å². The van der Waals surface area contributed by atoms with Crippen LogP contribution >= 0.6 is 0 Å². The summed E-state index contributed by atoms with van der Waals surface area (Å²) >= 11 is 0. The van der Waals surface area contributed by atoms with Crippen LogP contribution in [-0.2, 0) is 9.47 Å². The summed E-state index contributed by atoms with van der Waals surface area (Å²) in [5, 5.41) is 0. The maximum Gasteiger partial charge on any atom is 0.346 e. The molecule has 0 heterocycles. The summed E-state index contributed by atoms with van der Waals surface area (Å²) in [6.45, 7) is 2.12. The molecule has 0 N–H and O–H groups in total. The van der Waals surface area contributed by atoms with Crippen LogP contribution in [0.15, 0.2) is 54.6 Å². The standard InChI is InChI=1S/C18H16O5/c1-2-12-22-17(20)14-10-6-7-11-15(14)18(21)23-16(19)13-8-4-3-5-9-13/h3-11H,2,12H2,1H3. The Morgan fingerprint density at radius 2 is 1.35 bits per heavy atom. The van der Waals surface area contributed by atoms with Gasteiger partial charge in [-0.1, -0.05) is 37.3 Å². The molecule has 0 aromatic heterocycles. The predicted octanol–water partition coefficient (Wildman–Crippen LogP) is 3.25. The second-order valence-electron chi connectivity index (χ2n) is 4.72. The van der Waals surface area contributed by atoms with E-state index in [1.54, 1.807) is 30.3 Å². The highest BCUT2D eigenvalue weighted by atomic mass is 16.6. The first kappa shape index (κ1) is 16.4. The summed E-state index contributed by atoms with van der Waals surface area (Å²) in [5.74, 6) is -2.28. The fourth-order valence-electron chi connectivity index (χ4n) is 1.88. The molecule has 0 bridgehead atoms. The average molecular weight is 312 g/mol. The predicted molar refractivity (Wildman–Crippen MR) is 83.2 cm³/mol. The summed E-state index contributed by atoms with van der Waals surface area (Å²) in [6.07, 6.45) is 0.671. The topological polar surface area (TPSA) is 69.7 Å². The van der Waals surface area contributed by atoms with E-state index in [1.165, 1.54) is 24.3 Å². The first-order valence-corrected chi connectivity index (χ1v) is 7.21. The summed E-state index contributed by atoms with van der Waals surface area (Å²) in [5.41, 5.74) is 0.330. The van der Waals surface area contributed by atoms with Gasteiger partial charge >= 0.3 is 17.9 Å². The highest BCUT2D eigenvalue weighted by Gasteiger charge is 2.21. The largest absolute Gasteiger partial charge is 0.462 e. The molecule has 0 saturated heterocycles. The number of benzene rings is 2. The summed E-state index contributed by atoms with van der Waals surface area (Å²) in [7, 11) is 0. The van der Waals surface area contributed by atoms with Crippen molar-refractivity contribution in [2.45, 2.75) is 13.3 Å². The molecule has 5 heteroatoms. The summed E-state index contributed by atoms with van der Waals surface area (Å²) in [6, 6.07) is 14.2. The van der Waals surface area contributed by atoms with Gasteiger partial charge < -0.3 is 9.47 Å². The van der Waals surface area contributed by atoms with Gasteiger partial charge in [0.05, 0.1) is 23.3 Å². The molecule has 0 amide bonds. The van der Waals surface area contributed by atoms with Crippen LogP contribution in [0, 0.1) is 0 Å². The molecule has 23 heavy (non-hydrogen) atoms. The minimum Gasteiger partial charge on any atom is -0.462 e. The van der Waals surface area contributed by atoms with E-state index in [0.717, 1.165) is 0 Å². The van der Waals surface area contributed by atoms with Crippen LogP contribution in [0.5, 0.6) is 0 Å². The van der Waals surface area contributed by atoms with Crippen molar-refractivity contribution < 1.29 is 23.9 Å². The minimum absolute atomic E-state index is 0.00196. The lowest BCUT2D eigenvalue weighted by Crippen LogP contribution is -2.17. The molecule has 5 nitrogen and oxygen atoms in total. The SMILES string of the molecule is CCCOC(=O)c1ccccc1C(=O)OC(=O)c1ccccc1. The zero-order valence-electron chi connectivity index (χ0n) is 12.7. The van der Waals surface area contributed by atoms with Crippen molar-refractivity contribution >= 4 is 17.9 Å². The molecule has 2 aromatic rings. The molecule has 0 atom stereocenters. The molecular formula is C18H16O5. The summed E-state index contributed by atoms with van der Waals surface area (Å²) < 4.78 is 9.86. The van der Waals surface area contributed by atoms with Gasteiger partial charge in [0.25, 0.3) is 0 Å². The monoisotopic (exact) mass is 312 g/mol. The number of rotatable bonds is 5. The summed E-state index contributed by atoms with van der Waals surface area (Å²) in [4.78, 5) is 36.1. The molecule has 0 saturated carbocycles. The van der Waals surface area contributed by atoms with Gasteiger partial charge in [0.15, 0.2) is 0 Å². The number of carbonyl (C=O) groups excluding carboxylic acids is 3. The Morgan fingerprint density at radius 3 is 1.96 bits per heavy atom. The molecule has 0 fully saturated rings. The third kappa shape index (κ3) is 4.26. The van der Waals surface area contributed by atoms with E-state index in [4.69, 9.17) is 9.47 Å². The van der Waals surface area contributed by atoms with Gasteiger partial charge in [0.1, 0.15) is 0 Å². The van der Waals surface area contributed by atoms with Crippen molar-refractivity contribution in [1.82, 2.24) is 0 Å². The highest BCUT2D eigenvalue weighted by Crippen LogP contribution is 2.13. The first-order chi connectivity index (χ1) is 11.1. The van der Waals surface area contributed by atoms with Crippen LogP contribution in [0.4, 0.5) is 0 Å². The Balaban J connectivity index is 2.16. The van der Waals surface area contributed by atoms with Gasteiger partial charge in [0.2, 0.25) is 0 Å². The van der Waals surface area contributed by atoms with Crippen molar-refractivity contribution in [3.63, 3.8) is 0 Å². The van der Waals surface area contributed by atoms with E-state index in [0.29, 0.717) is 6.42 Å². The van der Waals surface area contributed by atoms with E-state index in [1.807, 2.05) is 6.92 Å². The van der Waals surface area contributed by atoms with Crippen molar-refractivity contribution in [1.29, 1.82) is 0 Å². The average Bonchev–Trinajstić information content (AvgIpc) is 2.60. The molecular weight excluding hydrogens is 296 g/mol. The second kappa shape index (κ2) is 7.89. The van der Waals surface area contributed by atoms with Gasteiger partial charge in [-0.3, -0.25) is 0 Å². The Morgan fingerprint density at radius 1 is 0.783 bits per heavy atom. The van der Waals surface area contributed by atoms with Crippen molar-refractivity contribution in [3.8, 4) is 0 Å². The Bertz CT molecular complexity index is 706. The van der Waals surface area contributed by atoms with Crippen LogP contribution in [0.1, 0.15) is 44.4 Å². The van der Waals surface area contributed by atoms with Crippen LogP contribution in [0.3, 0.4) is 0 Å². The molecule has 0 radical (unpaired) electrons. The van der Waals surface area contributed by atoms with Gasteiger partial charge in [0, 0.05) is 0 Å². The Labute approximate surface area is 133 Å². The van der Waals surface area contributed by atoms with Crippen LogP contribution in [0.25, 0.3) is 0 Å². The number of ether oxygens (including phenoxy) is 2. The quantitative estimate of drug-likeness (QED) is 0.626. The number of hydrogen-bond acceptors (Lipinski definition) is 5. The lowest BCUT2D eigenvalue weighted by molar-refractivity contribution is 0.0383. The van der Waals surface area contributed by atoms with E-state index < -0.39 is 17.9 Å². The van der Waals surface area contributed by atoms with Gasteiger partial charge in [-0.25, -0.2) is 14.4 Å². The van der Waals surface area contributed by atoms with Gasteiger partial charge in [-0.15, -0.1) is 0 Å². The van der Waals surface area contributed by atoms with Crippen LogP contribution in [-0.4, -0.2) is 24.5 Å². The first-order valence-electron chi connectivity index (χ1n) is 7.21. The van der Waals surface area contributed by atoms with Crippen LogP contribution in [0.2, 0.25) is 0 Å². The third-order valence-corrected chi connectivity index (χ3v) is 3.00. The number of hydrogen-bond donors (Lipinski definition) is 0. The maximum absolute atomic E-state index is 12.2. The minimum atomic E-state index is -0.886. The molecule has 2 aromatic carbocycles. The fraction of sp³-hybridized carbons (Fsp3) is 0.167. The molecule has 0 unspecified atom stereocenters. The van der Waals surface area contributed by atoms with Crippen molar-refractivity contribution in [2.75, 3.05) is 6.61 Å². The molecule has 118 valence electrons. The molecule has 0 aliphatic rings. The molecule has 0 spiro atoms. The van der Waals surface area contributed by atoms with Gasteiger partial charge in [-0.05, 0) is 30.7 Å². The van der Waals surface area contributed by atoms with E-state index in [9.17, 15) is 14.4 Å². The molecule has 0 aliphatic heterocycles. The number of esters is 3. The lowest BCUT2D eigenvalue weighted by atomic mass is 10.1.